The van der Waals surface area contributed by atoms with Gasteiger partial charge in [0.2, 0.25) is 6.23 Å². The number of fused-ring (bicyclic) bond motifs is 3. The second-order valence-corrected chi connectivity index (χ2v) is 18.8. The molecule has 0 bridgehead atoms. The van der Waals surface area contributed by atoms with Gasteiger partial charge in [-0.05, 0) is 42.7 Å². The average molecular weight is 824 g/mol. The van der Waals surface area contributed by atoms with Crippen molar-refractivity contribution in [3.8, 4) is 0 Å². The van der Waals surface area contributed by atoms with E-state index in [2.05, 4.69) is 22.8 Å². The first-order chi connectivity index (χ1) is 25.0. The summed E-state index contributed by atoms with van der Waals surface area (Å²) >= 11 is 0. The van der Waals surface area contributed by atoms with Gasteiger partial charge in [0.05, 0.1) is 13.2 Å². The predicted molar refractivity (Wildman–Crippen MR) is 180 cm³/mol. The van der Waals surface area contributed by atoms with E-state index < -0.39 is 87.6 Å². The standard InChI is InChI=1S/C29H36N2O18P4/c1-2-41-50(33,34)47-52(37,38)49-53(39,40)48-51(35,36)42-16-23-24-25(46-28(45-24)18-8-4-5-9-18)27(44-23)31-15-21-14-22(43-26(21)30-29(31)32)20-12-11-17-7-3-6-10-19(17)13-20/h3,6-7,10-15,18,23-28H,2,4-5,8-9,16H2,1H3,(H,30,32)(H,33,34)(H,35,36)(H,37,38)(H,39,40). The maximum atomic E-state index is 13.5. The molecule has 10 unspecified atom stereocenters. The molecule has 4 heterocycles. The summed E-state index contributed by atoms with van der Waals surface area (Å²) < 4.78 is 94.4. The minimum absolute atomic E-state index is 0.0365. The van der Waals surface area contributed by atoms with Crippen LogP contribution in [0.2, 0.25) is 0 Å². The lowest BCUT2D eigenvalue weighted by atomic mass is 10.1. The van der Waals surface area contributed by atoms with Gasteiger partial charge in [-0.15, -0.1) is 0 Å². The van der Waals surface area contributed by atoms with Gasteiger partial charge >= 0.3 is 37.3 Å². The van der Waals surface area contributed by atoms with E-state index in [0.717, 1.165) is 42.0 Å². The zero-order chi connectivity index (χ0) is 37.8. The highest BCUT2D eigenvalue weighted by atomic mass is 31.3. The third-order valence-electron chi connectivity index (χ3n) is 8.90. The molecule has 7 rings (SSSR count). The third-order valence-corrected chi connectivity index (χ3v) is 14.9. The first-order valence-electron chi connectivity index (χ1n) is 16.4. The Morgan fingerprint density at radius 3 is 2.17 bits per heavy atom. The molecular weight excluding hydrogens is 788 g/mol. The van der Waals surface area contributed by atoms with Crippen LogP contribution in [-0.4, -0.2) is 80.8 Å². The number of urea groups is 1. The summed E-state index contributed by atoms with van der Waals surface area (Å²) in [6.45, 7) is -0.0510. The molecule has 0 radical (unpaired) electrons. The number of phosphoric acid groups is 4. The molecular formula is C29H36N2O18P4. The van der Waals surface area contributed by atoms with Crippen molar-refractivity contribution in [3.05, 3.63) is 65.9 Å². The van der Waals surface area contributed by atoms with Crippen LogP contribution < -0.4 is 5.32 Å². The molecule has 4 aliphatic heterocycles. The summed E-state index contributed by atoms with van der Waals surface area (Å²) in [6, 6.07) is 13.1. The second kappa shape index (κ2) is 15.0. The molecule has 0 aromatic heterocycles. The number of nitrogens with zero attached hydrogens (tertiary/aromatic N) is 1. The third kappa shape index (κ3) is 8.90. The normalized spacial score (nSPS) is 31.7. The minimum Gasteiger partial charge on any atom is -0.466 e. The monoisotopic (exact) mass is 824 g/mol. The summed E-state index contributed by atoms with van der Waals surface area (Å²) in [5, 5.41) is 4.84. The van der Waals surface area contributed by atoms with Crippen molar-refractivity contribution in [2.24, 2.45) is 5.92 Å². The van der Waals surface area contributed by atoms with Crippen LogP contribution in [0.3, 0.4) is 0 Å². The van der Waals surface area contributed by atoms with Crippen molar-refractivity contribution in [2.75, 3.05) is 13.2 Å². The maximum Gasteiger partial charge on any atom is 0.490 e. The molecule has 5 N–H and O–H groups in total. The van der Waals surface area contributed by atoms with E-state index in [1.54, 1.807) is 12.3 Å². The number of ether oxygens (including phenoxy) is 4. The number of nitrogens with one attached hydrogen (secondary N) is 1. The van der Waals surface area contributed by atoms with Gasteiger partial charge in [-0.3, -0.25) is 19.3 Å². The highest BCUT2D eigenvalue weighted by molar-refractivity contribution is 7.69. The Bertz CT molecular complexity index is 2010. The zero-order valence-corrected chi connectivity index (χ0v) is 31.3. The molecule has 2 aromatic rings. The van der Waals surface area contributed by atoms with Crippen LogP contribution in [0.1, 0.15) is 38.2 Å². The number of carbonyl (C=O) groups is 1. The van der Waals surface area contributed by atoms with E-state index >= 15 is 0 Å². The molecule has 2 saturated heterocycles. The molecule has 10 atom stereocenters. The molecule has 290 valence electrons. The Balaban J connectivity index is 1.06. The fourth-order valence-electron chi connectivity index (χ4n) is 6.73. The van der Waals surface area contributed by atoms with E-state index in [9.17, 15) is 42.6 Å². The number of rotatable bonds is 14. The van der Waals surface area contributed by atoms with E-state index in [1.807, 2.05) is 42.5 Å². The lowest BCUT2D eigenvalue weighted by Gasteiger charge is -2.34. The van der Waals surface area contributed by atoms with Crippen LogP contribution in [0, 0.1) is 5.92 Å². The van der Waals surface area contributed by atoms with Crippen LogP contribution in [0.4, 0.5) is 4.79 Å². The summed E-state index contributed by atoms with van der Waals surface area (Å²) in [4.78, 5) is 53.9. The van der Waals surface area contributed by atoms with Gasteiger partial charge in [0, 0.05) is 23.3 Å². The molecule has 1 saturated carbocycles. The summed E-state index contributed by atoms with van der Waals surface area (Å²) in [7, 11) is -22.7. The van der Waals surface area contributed by atoms with Gasteiger partial charge in [-0.25, -0.2) is 23.1 Å². The highest BCUT2D eigenvalue weighted by Gasteiger charge is 2.58. The molecule has 53 heavy (non-hydrogen) atoms. The number of benzene rings is 2. The Hall–Kier alpha value is -2.31. The first kappa shape index (κ1) is 38.9. The smallest absolute Gasteiger partial charge is 0.466 e. The van der Waals surface area contributed by atoms with Gasteiger partial charge in [0.15, 0.2) is 12.5 Å². The van der Waals surface area contributed by atoms with Crippen molar-refractivity contribution >= 4 is 53.9 Å². The van der Waals surface area contributed by atoms with Crippen LogP contribution in [-0.2, 0) is 59.2 Å². The number of phosphoric ester groups is 2. The predicted octanol–water partition coefficient (Wildman–Crippen LogP) is 4.98. The lowest BCUT2D eigenvalue weighted by molar-refractivity contribution is -0.171. The Labute approximate surface area is 302 Å². The van der Waals surface area contributed by atoms with E-state index in [1.165, 1.54) is 11.8 Å². The molecule has 1 aliphatic carbocycles. The molecule has 0 spiro atoms. The second-order valence-electron chi connectivity index (χ2n) is 12.6. The van der Waals surface area contributed by atoms with E-state index in [4.69, 9.17) is 23.5 Å². The van der Waals surface area contributed by atoms with Gasteiger partial charge < -0.3 is 38.5 Å². The number of carbonyl (C=O) groups excluding carboxylic acids is 1. The Morgan fingerprint density at radius 2 is 1.47 bits per heavy atom. The van der Waals surface area contributed by atoms with Gasteiger partial charge in [0.25, 0.3) is 0 Å². The van der Waals surface area contributed by atoms with Gasteiger partial charge in [0.1, 0.15) is 24.1 Å². The quantitative estimate of drug-likeness (QED) is 0.157. The Morgan fingerprint density at radius 1 is 0.830 bits per heavy atom. The summed E-state index contributed by atoms with van der Waals surface area (Å²) in [6.07, 6.45) is 1.19. The number of hydrogen-bond acceptors (Lipinski definition) is 14. The fourth-order valence-corrected chi connectivity index (χ4v) is 11.7. The summed E-state index contributed by atoms with van der Waals surface area (Å²) in [5.74, 6) is 0.564. The van der Waals surface area contributed by atoms with Crippen LogP contribution in [0.5, 0.6) is 0 Å². The van der Waals surface area contributed by atoms with E-state index in [-0.39, 0.29) is 5.92 Å². The maximum absolute atomic E-state index is 13.5. The fraction of sp³-hybridized carbons (Fsp3) is 0.483. The Kier molecular flexibility index (Phi) is 11.0. The van der Waals surface area contributed by atoms with Crippen molar-refractivity contribution in [1.29, 1.82) is 0 Å². The molecule has 5 aliphatic rings. The van der Waals surface area contributed by atoms with Crippen molar-refractivity contribution in [3.63, 3.8) is 0 Å². The topological polar surface area (TPSA) is 265 Å². The largest absolute Gasteiger partial charge is 0.490 e. The number of amides is 2. The SMILES string of the molecule is CCOP(=O)(O)OP(=O)(O)OP(=O)(O)OP(=O)(O)OCC1OC(N2C=C3C=C(c4ccc5ccccc5c4)OC3NC2=O)C2OC(C3CCCC3)OC12. The molecule has 2 amide bonds. The lowest BCUT2D eigenvalue weighted by Crippen LogP contribution is -2.54. The molecule has 24 heteroatoms. The van der Waals surface area contributed by atoms with Crippen LogP contribution in [0.15, 0.2) is 60.3 Å². The minimum atomic E-state index is -5.99. The zero-order valence-electron chi connectivity index (χ0n) is 27.7. The average Bonchev–Trinajstić information content (AvgIpc) is 3.86. The van der Waals surface area contributed by atoms with Crippen LogP contribution >= 0.6 is 31.3 Å². The molecule has 3 fully saturated rings. The van der Waals surface area contributed by atoms with Gasteiger partial charge in [-0.1, -0.05) is 49.2 Å². The van der Waals surface area contributed by atoms with Crippen LogP contribution in [0.25, 0.3) is 16.5 Å². The first-order valence-corrected chi connectivity index (χ1v) is 22.4. The highest BCUT2D eigenvalue weighted by Crippen LogP contribution is 2.71. The van der Waals surface area contributed by atoms with Gasteiger partial charge in [-0.2, -0.15) is 12.9 Å². The number of hydrogen-bond donors (Lipinski definition) is 5. The van der Waals surface area contributed by atoms with E-state index in [0.29, 0.717) is 11.3 Å². The molecule has 20 nitrogen and oxygen atoms in total. The van der Waals surface area contributed by atoms with Crippen molar-refractivity contribution < 1.29 is 83.6 Å². The molecule has 2 aromatic carbocycles. The van der Waals surface area contributed by atoms with Crippen molar-refractivity contribution in [1.82, 2.24) is 10.2 Å². The summed E-state index contributed by atoms with van der Waals surface area (Å²) in [5.41, 5.74) is 1.39. The van der Waals surface area contributed by atoms with Crippen molar-refractivity contribution in [2.45, 2.75) is 69.7 Å².